The summed E-state index contributed by atoms with van der Waals surface area (Å²) in [4.78, 5) is 0. The third-order valence-corrected chi connectivity index (χ3v) is 6.19. The molecular formula is C24H26ClN5. The third kappa shape index (κ3) is 4.09. The normalized spacial score (nSPS) is 19.5. The van der Waals surface area contributed by atoms with Crippen molar-refractivity contribution in [2.24, 2.45) is 0 Å². The summed E-state index contributed by atoms with van der Waals surface area (Å²) in [7, 11) is 0. The van der Waals surface area contributed by atoms with Crippen molar-refractivity contribution >= 4 is 23.2 Å². The van der Waals surface area contributed by atoms with Gasteiger partial charge in [0.05, 0.1) is 0 Å². The Labute approximate surface area is 182 Å². The molecule has 0 bridgehead atoms. The quantitative estimate of drug-likeness (QED) is 0.452. The second-order valence-corrected chi connectivity index (χ2v) is 8.02. The first kappa shape index (κ1) is 20.5. The van der Waals surface area contributed by atoms with E-state index in [1.54, 1.807) is 0 Å². The molecule has 1 aliphatic rings. The SMILES string of the molecule is C[C@@H](N[C@H]1CC[C@@H](c2ccc(-c3nn[nH]n3)cc2)C1)c1cccc2ccccc12.Cl. The van der Waals surface area contributed by atoms with E-state index in [1.807, 2.05) is 0 Å². The predicted octanol–water partition coefficient (Wildman–Crippen LogP) is 5.43. The molecule has 0 unspecified atom stereocenters. The average Bonchev–Trinajstić information content (AvgIpc) is 3.46. The second-order valence-electron chi connectivity index (χ2n) is 8.02. The monoisotopic (exact) mass is 419 g/mol. The topological polar surface area (TPSA) is 66.5 Å². The van der Waals surface area contributed by atoms with Crippen LogP contribution in [0.1, 0.15) is 49.3 Å². The van der Waals surface area contributed by atoms with Gasteiger partial charge in [-0.3, -0.25) is 0 Å². The lowest BCUT2D eigenvalue weighted by atomic mass is 9.96. The van der Waals surface area contributed by atoms with Crippen molar-refractivity contribution in [2.45, 2.75) is 44.2 Å². The molecule has 1 aliphatic carbocycles. The van der Waals surface area contributed by atoms with Crippen molar-refractivity contribution in [3.8, 4) is 11.4 Å². The van der Waals surface area contributed by atoms with Gasteiger partial charge in [0.1, 0.15) is 0 Å². The first-order chi connectivity index (χ1) is 14.3. The van der Waals surface area contributed by atoms with Crippen LogP contribution in [0.4, 0.5) is 0 Å². The van der Waals surface area contributed by atoms with E-state index >= 15 is 0 Å². The predicted molar refractivity (Wildman–Crippen MR) is 123 cm³/mol. The van der Waals surface area contributed by atoms with Crippen molar-refractivity contribution in [2.75, 3.05) is 0 Å². The molecule has 3 atom stereocenters. The molecule has 2 N–H and O–H groups in total. The van der Waals surface area contributed by atoms with E-state index in [1.165, 1.54) is 41.2 Å². The third-order valence-electron chi connectivity index (χ3n) is 6.19. The van der Waals surface area contributed by atoms with Crippen LogP contribution in [-0.4, -0.2) is 26.7 Å². The molecule has 0 spiro atoms. The first-order valence-corrected chi connectivity index (χ1v) is 10.4. The first-order valence-electron chi connectivity index (χ1n) is 10.4. The molecule has 5 rings (SSSR count). The van der Waals surface area contributed by atoms with Gasteiger partial charge in [-0.15, -0.1) is 22.6 Å². The molecule has 0 radical (unpaired) electrons. The maximum Gasteiger partial charge on any atom is 0.204 e. The molecule has 1 heterocycles. The lowest BCUT2D eigenvalue weighted by Gasteiger charge is -2.21. The number of nitrogens with one attached hydrogen (secondary N) is 2. The van der Waals surface area contributed by atoms with Gasteiger partial charge < -0.3 is 5.32 Å². The van der Waals surface area contributed by atoms with E-state index in [9.17, 15) is 0 Å². The van der Waals surface area contributed by atoms with E-state index in [0.29, 0.717) is 23.8 Å². The summed E-state index contributed by atoms with van der Waals surface area (Å²) < 4.78 is 0. The highest BCUT2D eigenvalue weighted by Crippen LogP contribution is 2.36. The lowest BCUT2D eigenvalue weighted by molar-refractivity contribution is 0.459. The van der Waals surface area contributed by atoms with Crippen molar-refractivity contribution in [1.82, 2.24) is 25.9 Å². The number of aromatic amines is 1. The minimum Gasteiger partial charge on any atom is -0.307 e. The molecule has 0 aliphatic heterocycles. The van der Waals surface area contributed by atoms with Crippen molar-refractivity contribution in [1.29, 1.82) is 0 Å². The van der Waals surface area contributed by atoms with E-state index in [4.69, 9.17) is 0 Å². The van der Waals surface area contributed by atoms with Crippen LogP contribution in [0.3, 0.4) is 0 Å². The van der Waals surface area contributed by atoms with Gasteiger partial charge in [0, 0.05) is 17.6 Å². The smallest absolute Gasteiger partial charge is 0.204 e. The Morgan fingerprint density at radius 2 is 1.77 bits per heavy atom. The number of nitrogens with zero attached hydrogens (tertiary/aromatic N) is 3. The number of hydrogen-bond donors (Lipinski definition) is 2. The summed E-state index contributed by atoms with van der Waals surface area (Å²) in [6.45, 7) is 2.29. The van der Waals surface area contributed by atoms with E-state index < -0.39 is 0 Å². The molecule has 0 saturated heterocycles. The molecule has 4 aromatic rings. The minimum atomic E-state index is 0. The van der Waals surface area contributed by atoms with Crippen LogP contribution in [0.15, 0.2) is 66.7 Å². The number of rotatable bonds is 5. The van der Waals surface area contributed by atoms with Crippen LogP contribution in [0.5, 0.6) is 0 Å². The van der Waals surface area contributed by atoms with Gasteiger partial charge in [-0.1, -0.05) is 66.7 Å². The largest absolute Gasteiger partial charge is 0.307 e. The highest BCUT2D eigenvalue weighted by atomic mass is 35.5. The summed E-state index contributed by atoms with van der Waals surface area (Å²) >= 11 is 0. The van der Waals surface area contributed by atoms with Crippen molar-refractivity contribution in [3.63, 3.8) is 0 Å². The molecule has 3 aromatic carbocycles. The van der Waals surface area contributed by atoms with Crippen molar-refractivity contribution in [3.05, 3.63) is 77.9 Å². The fourth-order valence-electron chi connectivity index (χ4n) is 4.70. The molecule has 1 aromatic heterocycles. The Morgan fingerprint density at radius 1 is 0.967 bits per heavy atom. The lowest BCUT2D eigenvalue weighted by Crippen LogP contribution is -2.29. The van der Waals surface area contributed by atoms with E-state index in [0.717, 1.165) is 5.56 Å². The van der Waals surface area contributed by atoms with E-state index in [-0.39, 0.29) is 12.4 Å². The Morgan fingerprint density at radius 3 is 2.57 bits per heavy atom. The number of fused-ring (bicyclic) bond motifs is 1. The molecule has 0 amide bonds. The van der Waals surface area contributed by atoms with Crippen molar-refractivity contribution < 1.29 is 0 Å². The zero-order valence-electron chi connectivity index (χ0n) is 17.0. The minimum absolute atomic E-state index is 0. The van der Waals surface area contributed by atoms with Gasteiger partial charge in [0.2, 0.25) is 5.82 Å². The number of tetrazole rings is 1. The van der Waals surface area contributed by atoms with Crippen LogP contribution >= 0.6 is 12.4 Å². The molecule has 30 heavy (non-hydrogen) atoms. The van der Waals surface area contributed by atoms with E-state index in [2.05, 4.69) is 99.6 Å². The van der Waals surface area contributed by atoms with Gasteiger partial charge in [0.25, 0.3) is 0 Å². The number of benzene rings is 3. The van der Waals surface area contributed by atoms with Crippen LogP contribution in [0, 0.1) is 0 Å². The highest BCUT2D eigenvalue weighted by molar-refractivity contribution is 5.86. The Kier molecular flexibility index (Phi) is 6.11. The van der Waals surface area contributed by atoms with Gasteiger partial charge in [0.15, 0.2) is 0 Å². The Bertz CT molecular complexity index is 1090. The fourth-order valence-corrected chi connectivity index (χ4v) is 4.70. The van der Waals surface area contributed by atoms with Crippen LogP contribution in [0.25, 0.3) is 22.2 Å². The number of halogens is 1. The molecule has 1 saturated carbocycles. The summed E-state index contributed by atoms with van der Waals surface area (Å²) in [5.74, 6) is 1.25. The maximum atomic E-state index is 4.05. The van der Waals surface area contributed by atoms with Gasteiger partial charge in [-0.25, -0.2) is 0 Å². The summed E-state index contributed by atoms with van der Waals surface area (Å²) in [6.07, 6.45) is 3.62. The highest BCUT2D eigenvalue weighted by Gasteiger charge is 2.27. The Balaban J connectivity index is 0.00000218. The Hall–Kier alpha value is -2.76. The molecule has 6 heteroatoms. The maximum absolute atomic E-state index is 4.05. The molecular weight excluding hydrogens is 394 g/mol. The summed E-state index contributed by atoms with van der Waals surface area (Å²) in [5.41, 5.74) is 3.79. The number of hydrogen-bond acceptors (Lipinski definition) is 4. The second kappa shape index (κ2) is 8.94. The van der Waals surface area contributed by atoms with Gasteiger partial charge >= 0.3 is 0 Å². The number of H-pyrrole nitrogens is 1. The fraction of sp³-hybridized carbons (Fsp3) is 0.292. The summed E-state index contributed by atoms with van der Waals surface area (Å²) in [6, 6.07) is 24.8. The zero-order chi connectivity index (χ0) is 19.6. The summed E-state index contributed by atoms with van der Waals surface area (Å²) in [5, 5.41) is 20.8. The van der Waals surface area contributed by atoms with Gasteiger partial charge in [-0.2, -0.15) is 5.21 Å². The number of aromatic nitrogens is 4. The van der Waals surface area contributed by atoms with Crippen LogP contribution in [-0.2, 0) is 0 Å². The average molecular weight is 420 g/mol. The van der Waals surface area contributed by atoms with Gasteiger partial charge in [-0.05, 0) is 59.2 Å². The molecule has 154 valence electrons. The molecule has 1 fully saturated rings. The zero-order valence-corrected chi connectivity index (χ0v) is 17.8. The molecule has 5 nitrogen and oxygen atoms in total. The standard InChI is InChI=1S/C24H25N5.ClH/c1-16(22-8-4-6-18-5-2-3-7-23(18)22)25-21-14-13-20(15-21)17-9-11-19(12-10-17)24-26-28-29-27-24;/h2-12,16,20-21,25H,13-15H2,1H3,(H,26,27,28,29);1H/t16-,20-,21+;/m1./s1. The van der Waals surface area contributed by atoms with Crippen LogP contribution < -0.4 is 5.32 Å². The van der Waals surface area contributed by atoms with Crippen LogP contribution in [0.2, 0.25) is 0 Å².